The van der Waals surface area contributed by atoms with Crippen molar-refractivity contribution < 1.29 is 4.74 Å². The molecule has 0 bridgehead atoms. The zero-order chi connectivity index (χ0) is 8.66. The van der Waals surface area contributed by atoms with Crippen molar-refractivity contribution in [3.8, 4) is 0 Å². The van der Waals surface area contributed by atoms with Crippen molar-refractivity contribution in [1.29, 1.82) is 0 Å². The second-order valence-electron chi connectivity index (χ2n) is 4.96. The molecule has 1 saturated carbocycles. The Balaban J connectivity index is 2.03. The van der Waals surface area contributed by atoms with E-state index in [-0.39, 0.29) is 5.72 Å². The van der Waals surface area contributed by atoms with E-state index in [1.54, 1.807) is 0 Å². The standard InChI is InChI=1S/C10H19NO/c1-9(2)4-5-10(8-9)11-6-3-7-12-10/h11H,3-8H2,1-2H3. The molecule has 0 aromatic heterocycles. The summed E-state index contributed by atoms with van der Waals surface area (Å²) in [4.78, 5) is 0. The molecular weight excluding hydrogens is 150 g/mol. The maximum absolute atomic E-state index is 5.85. The van der Waals surface area contributed by atoms with Crippen molar-refractivity contribution in [2.75, 3.05) is 13.2 Å². The highest BCUT2D eigenvalue weighted by atomic mass is 16.5. The monoisotopic (exact) mass is 169 g/mol. The molecule has 1 aliphatic carbocycles. The van der Waals surface area contributed by atoms with Crippen LogP contribution in [0.25, 0.3) is 0 Å². The van der Waals surface area contributed by atoms with Gasteiger partial charge in [-0.25, -0.2) is 0 Å². The Bertz CT molecular complexity index is 171. The van der Waals surface area contributed by atoms with Crippen LogP contribution in [0.2, 0.25) is 0 Å². The molecular formula is C10H19NO. The Kier molecular flexibility index (Phi) is 1.92. The molecule has 0 amide bonds. The summed E-state index contributed by atoms with van der Waals surface area (Å²) in [6.07, 6.45) is 4.84. The van der Waals surface area contributed by atoms with Crippen molar-refractivity contribution >= 4 is 0 Å². The van der Waals surface area contributed by atoms with Gasteiger partial charge in [0, 0.05) is 0 Å². The summed E-state index contributed by atoms with van der Waals surface area (Å²) in [5.74, 6) is 0. The SMILES string of the molecule is CC1(C)CCC2(C1)NCCCO2. The van der Waals surface area contributed by atoms with E-state index in [0.717, 1.165) is 13.2 Å². The average molecular weight is 169 g/mol. The van der Waals surface area contributed by atoms with E-state index in [4.69, 9.17) is 4.74 Å². The van der Waals surface area contributed by atoms with Gasteiger partial charge in [-0.2, -0.15) is 0 Å². The number of ether oxygens (including phenoxy) is 1. The van der Waals surface area contributed by atoms with Gasteiger partial charge in [-0.3, -0.25) is 5.32 Å². The molecule has 1 saturated heterocycles. The minimum Gasteiger partial charge on any atom is -0.361 e. The molecule has 1 heterocycles. The molecule has 1 spiro atoms. The van der Waals surface area contributed by atoms with Crippen LogP contribution in [0.15, 0.2) is 0 Å². The third-order valence-electron chi connectivity index (χ3n) is 3.12. The third-order valence-corrected chi connectivity index (χ3v) is 3.12. The van der Waals surface area contributed by atoms with Gasteiger partial charge in [0.2, 0.25) is 0 Å². The lowest BCUT2D eigenvalue weighted by Gasteiger charge is -2.36. The first-order valence-electron chi connectivity index (χ1n) is 5.01. The second-order valence-corrected chi connectivity index (χ2v) is 4.96. The largest absolute Gasteiger partial charge is 0.361 e. The van der Waals surface area contributed by atoms with Crippen LogP contribution >= 0.6 is 0 Å². The van der Waals surface area contributed by atoms with Gasteiger partial charge in [-0.05, 0) is 37.6 Å². The number of rotatable bonds is 0. The van der Waals surface area contributed by atoms with Gasteiger partial charge in [0.1, 0.15) is 5.72 Å². The molecule has 0 aromatic rings. The lowest BCUT2D eigenvalue weighted by Crippen LogP contribution is -2.50. The van der Waals surface area contributed by atoms with Crippen molar-refractivity contribution in [2.45, 2.75) is 45.3 Å². The lowest BCUT2D eigenvalue weighted by atomic mass is 9.91. The van der Waals surface area contributed by atoms with E-state index >= 15 is 0 Å². The van der Waals surface area contributed by atoms with Crippen molar-refractivity contribution in [2.24, 2.45) is 5.41 Å². The normalized spacial score (nSPS) is 40.5. The summed E-state index contributed by atoms with van der Waals surface area (Å²) in [6.45, 7) is 6.75. The zero-order valence-electron chi connectivity index (χ0n) is 8.15. The number of hydrogen-bond donors (Lipinski definition) is 1. The van der Waals surface area contributed by atoms with Crippen molar-refractivity contribution in [1.82, 2.24) is 5.32 Å². The Morgan fingerprint density at radius 3 is 2.58 bits per heavy atom. The fourth-order valence-electron chi connectivity index (χ4n) is 2.47. The Morgan fingerprint density at radius 1 is 1.25 bits per heavy atom. The van der Waals surface area contributed by atoms with E-state index in [1.807, 2.05) is 0 Å². The summed E-state index contributed by atoms with van der Waals surface area (Å²) in [5, 5.41) is 3.53. The summed E-state index contributed by atoms with van der Waals surface area (Å²) >= 11 is 0. The maximum atomic E-state index is 5.85. The highest BCUT2D eigenvalue weighted by Crippen LogP contribution is 2.44. The molecule has 1 unspecified atom stereocenters. The molecule has 1 atom stereocenters. The van der Waals surface area contributed by atoms with E-state index in [0.29, 0.717) is 5.41 Å². The van der Waals surface area contributed by atoms with Crippen LogP contribution < -0.4 is 5.32 Å². The first-order valence-corrected chi connectivity index (χ1v) is 5.01. The van der Waals surface area contributed by atoms with Crippen LogP contribution in [0, 0.1) is 5.41 Å². The number of nitrogens with one attached hydrogen (secondary N) is 1. The van der Waals surface area contributed by atoms with Gasteiger partial charge >= 0.3 is 0 Å². The predicted molar refractivity (Wildman–Crippen MR) is 48.9 cm³/mol. The van der Waals surface area contributed by atoms with Gasteiger partial charge in [-0.1, -0.05) is 13.8 Å². The summed E-state index contributed by atoms with van der Waals surface area (Å²) in [7, 11) is 0. The number of hydrogen-bond acceptors (Lipinski definition) is 2. The van der Waals surface area contributed by atoms with Crippen LogP contribution in [0.1, 0.15) is 39.5 Å². The van der Waals surface area contributed by atoms with Gasteiger partial charge < -0.3 is 4.74 Å². The second kappa shape index (κ2) is 2.71. The highest BCUT2D eigenvalue weighted by Gasteiger charge is 2.44. The van der Waals surface area contributed by atoms with E-state index in [1.165, 1.54) is 25.7 Å². The molecule has 2 nitrogen and oxygen atoms in total. The van der Waals surface area contributed by atoms with Crippen LogP contribution in [0.5, 0.6) is 0 Å². The molecule has 2 rings (SSSR count). The van der Waals surface area contributed by atoms with Crippen LogP contribution in [0.4, 0.5) is 0 Å². The predicted octanol–water partition coefficient (Wildman–Crippen LogP) is 1.90. The van der Waals surface area contributed by atoms with E-state index < -0.39 is 0 Å². The first-order chi connectivity index (χ1) is 5.62. The van der Waals surface area contributed by atoms with Crippen LogP contribution in [-0.2, 0) is 4.74 Å². The van der Waals surface area contributed by atoms with Crippen molar-refractivity contribution in [3.05, 3.63) is 0 Å². The minimum atomic E-state index is 0.0573. The lowest BCUT2D eigenvalue weighted by molar-refractivity contribution is -0.0951. The highest BCUT2D eigenvalue weighted by molar-refractivity contribution is 4.94. The molecule has 2 heteroatoms. The van der Waals surface area contributed by atoms with Crippen LogP contribution in [-0.4, -0.2) is 18.9 Å². The molecule has 2 aliphatic rings. The fourth-order valence-corrected chi connectivity index (χ4v) is 2.47. The third kappa shape index (κ3) is 1.50. The molecule has 12 heavy (non-hydrogen) atoms. The van der Waals surface area contributed by atoms with Crippen molar-refractivity contribution in [3.63, 3.8) is 0 Å². The summed E-state index contributed by atoms with van der Waals surface area (Å²) in [6, 6.07) is 0. The smallest absolute Gasteiger partial charge is 0.119 e. The Morgan fingerprint density at radius 2 is 2.08 bits per heavy atom. The first kappa shape index (κ1) is 8.52. The fraction of sp³-hybridized carbons (Fsp3) is 1.00. The molecule has 0 aromatic carbocycles. The Hall–Kier alpha value is -0.0800. The van der Waals surface area contributed by atoms with Gasteiger partial charge in [0.15, 0.2) is 0 Å². The minimum absolute atomic E-state index is 0.0573. The topological polar surface area (TPSA) is 21.3 Å². The quantitative estimate of drug-likeness (QED) is 0.598. The van der Waals surface area contributed by atoms with E-state index in [2.05, 4.69) is 19.2 Å². The Labute approximate surface area is 74.7 Å². The molecule has 70 valence electrons. The van der Waals surface area contributed by atoms with Gasteiger partial charge in [0.05, 0.1) is 6.61 Å². The summed E-state index contributed by atoms with van der Waals surface area (Å²) < 4.78 is 5.85. The molecule has 1 aliphatic heterocycles. The summed E-state index contributed by atoms with van der Waals surface area (Å²) in [5.41, 5.74) is 0.534. The zero-order valence-corrected chi connectivity index (χ0v) is 8.15. The molecule has 2 fully saturated rings. The van der Waals surface area contributed by atoms with Gasteiger partial charge in [0.25, 0.3) is 0 Å². The van der Waals surface area contributed by atoms with Crippen LogP contribution in [0.3, 0.4) is 0 Å². The maximum Gasteiger partial charge on any atom is 0.119 e. The van der Waals surface area contributed by atoms with Gasteiger partial charge in [-0.15, -0.1) is 0 Å². The average Bonchev–Trinajstić information content (AvgIpc) is 2.29. The molecule has 1 N–H and O–H groups in total. The molecule has 0 radical (unpaired) electrons. The van der Waals surface area contributed by atoms with E-state index in [9.17, 15) is 0 Å².